The molecule has 0 saturated heterocycles. The number of nitrogens with zero attached hydrogens (tertiary/aromatic N) is 1. The fourth-order valence-electron chi connectivity index (χ4n) is 1.86. The third-order valence-corrected chi connectivity index (χ3v) is 2.76. The molecular weight excluding hydrogens is 234 g/mol. The molecule has 2 amide bonds. The summed E-state index contributed by atoms with van der Waals surface area (Å²) >= 11 is 0. The molecule has 1 atom stereocenters. The number of carbonyl (C=O) groups excluding carboxylic acids is 3. The van der Waals surface area contributed by atoms with E-state index in [2.05, 4.69) is 10.5 Å². The Hall–Kier alpha value is -2.50. The van der Waals surface area contributed by atoms with Crippen molar-refractivity contribution in [1.29, 1.82) is 0 Å². The number of amides is 2. The van der Waals surface area contributed by atoms with E-state index in [-0.39, 0.29) is 0 Å². The van der Waals surface area contributed by atoms with Crippen LogP contribution in [0.2, 0.25) is 0 Å². The van der Waals surface area contributed by atoms with Crippen LogP contribution in [-0.2, 0) is 4.79 Å². The van der Waals surface area contributed by atoms with E-state index in [0.29, 0.717) is 16.8 Å². The predicted octanol–water partition coefficient (Wildman–Crippen LogP) is 0.461. The molecule has 0 saturated carbocycles. The van der Waals surface area contributed by atoms with Crippen molar-refractivity contribution >= 4 is 23.3 Å². The van der Waals surface area contributed by atoms with E-state index in [9.17, 15) is 14.4 Å². The highest BCUT2D eigenvalue weighted by Gasteiger charge is 2.35. The van der Waals surface area contributed by atoms with Crippen molar-refractivity contribution in [3.8, 4) is 0 Å². The maximum Gasteiger partial charge on any atom is 0.332 e. The molecule has 2 rings (SSSR count). The van der Waals surface area contributed by atoms with Crippen LogP contribution in [0, 0.1) is 5.92 Å². The van der Waals surface area contributed by atoms with E-state index in [4.69, 9.17) is 5.73 Å². The molecule has 0 aromatic heterocycles. The molecule has 0 heterocycles. The summed E-state index contributed by atoms with van der Waals surface area (Å²) in [6, 6.07) is 5.81. The Morgan fingerprint density at radius 1 is 1.28 bits per heavy atom. The highest BCUT2D eigenvalue weighted by atomic mass is 16.2. The number of nitrogens with two attached hydrogens (primary N) is 1. The molecule has 18 heavy (non-hydrogen) atoms. The van der Waals surface area contributed by atoms with Gasteiger partial charge in [0.25, 0.3) is 0 Å². The van der Waals surface area contributed by atoms with Crippen LogP contribution in [0.5, 0.6) is 0 Å². The van der Waals surface area contributed by atoms with Gasteiger partial charge in [-0.2, -0.15) is 5.10 Å². The van der Waals surface area contributed by atoms with Gasteiger partial charge in [-0.1, -0.05) is 24.3 Å². The zero-order valence-electron chi connectivity index (χ0n) is 9.64. The molecule has 1 aromatic rings. The van der Waals surface area contributed by atoms with Gasteiger partial charge in [-0.15, -0.1) is 0 Å². The van der Waals surface area contributed by atoms with Gasteiger partial charge in [-0.3, -0.25) is 9.59 Å². The molecule has 3 N–H and O–H groups in total. The predicted molar refractivity (Wildman–Crippen MR) is 64.2 cm³/mol. The van der Waals surface area contributed by atoms with Crippen molar-refractivity contribution in [2.24, 2.45) is 16.8 Å². The van der Waals surface area contributed by atoms with Crippen molar-refractivity contribution in [1.82, 2.24) is 5.43 Å². The lowest BCUT2D eigenvalue weighted by molar-refractivity contribution is -0.116. The normalized spacial score (nSPS) is 20.7. The van der Waals surface area contributed by atoms with Gasteiger partial charge in [0.1, 0.15) is 0 Å². The molecule has 1 aliphatic carbocycles. The van der Waals surface area contributed by atoms with Crippen LogP contribution in [0.1, 0.15) is 22.8 Å². The summed E-state index contributed by atoms with van der Waals surface area (Å²) in [6.07, 6.45) is 0. The van der Waals surface area contributed by atoms with Gasteiger partial charge in [-0.25, -0.2) is 10.2 Å². The summed E-state index contributed by atoms with van der Waals surface area (Å²) in [7, 11) is 0. The number of primary amides is 1. The quantitative estimate of drug-likeness (QED) is 0.555. The van der Waals surface area contributed by atoms with Crippen LogP contribution < -0.4 is 11.2 Å². The number of rotatable bonds is 1. The lowest BCUT2D eigenvalue weighted by Crippen LogP contribution is -2.37. The van der Waals surface area contributed by atoms with Gasteiger partial charge in [0.15, 0.2) is 0 Å². The third kappa shape index (κ3) is 1.88. The van der Waals surface area contributed by atoms with Crippen molar-refractivity contribution in [3.63, 3.8) is 0 Å². The van der Waals surface area contributed by atoms with E-state index in [1.165, 1.54) is 0 Å². The monoisotopic (exact) mass is 245 g/mol. The molecule has 0 spiro atoms. The van der Waals surface area contributed by atoms with Crippen LogP contribution >= 0.6 is 0 Å². The molecule has 6 nitrogen and oxygen atoms in total. The Balaban J connectivity index is 2.56. The molecular formula is C12H11N3O3. The van der Waals surface area contributed by atoms with Gasteiger partial charge in [0, 0.05) is 11.1 Å². The highest BCUT2D eigenvalue weighted by Crippen LogP contribution is 2.23. The SMILES string of the molecule is CC1C(=O)C(=O)c2ccccc2C1=NNC(N)=O. The van der Waals surface area contributed by atoms with E-state index >= 15 is 0 Å². The molecule has 1 aliphatic rings. The number of hydrogen-bond acceptors (Lipinski definition) is 4. The Morgan fingerprint density at radius 3 is 2.50 bits per heavy atom. The van der Waals surface area contributed by atoms with Crippen LogP contribution in [0.3, 0.4) is 0 Å². The topological polar surface area (TPSA) is 102 Å². The van der Waals surface area contributed by atoms with Crippen LogP contribution in [-0.4, -0.2) is 23.3 Å². The Morgan fingerprint density at radius 2 is 1.89 bits per heavy atom. The smallest absolute Gasteiger partial charge is 0.332 e. The molecule has 1 aromatic carbocycles. The van der Waals surface area contributed by atoms with Crippen molar-refractivity contribution in [2.75, 3.05) is 0 Å². The number of ketones is 2. The average molecular weight is 245 g/mol. The minimum atomic E-state index is -0.823. The zero-order chi connectivity index (χ0) is 13.3. The van der Waals surface area contributed by atoms with Crippen molar-refractivity contribution in [3.05, 3.63) is 35.4 Å². The number of urea groups is 1. The highest BCUT2D eigenvalue weighted by molar-refractivity contribution is 6.52. The fraction of sp³-hybridized carbons (Fsp3) is 0.167. The first-order valence-electron chi connectivity index (χ1n) is 5.33. The van der Waals surface area contributed by atoms with E-state index in [1.54, 1.807) is 31.2 Å². The van der Waals surface area contributed by atoms with Crippen LogP contribution in [0.4, 0.5) is 4.79 Å². The van der Waals surface area contributed by atoms with Gasteiger partial charge < -0.3 is 5.73 Å². The molecule has 0 bridgehead atoms. The number of hydrazone groups is 1. The van der Waals surface area contributed by atoms with Gasteiger partial charge >= 0.3 is 6.03 Å². The molecule has 0 fully saturated rings. The summed E-state index contributed by atoms with van der Waals surface area (Å²) in [4.78, 5) is 34.2. The first-order chi connectivity index (χ1) is 8.52. The number of fused-ring (bicyclic) bond motifs is 1. The molecule has 0 aliphatic heterocycles. The number of Topliss-reactive ketones (excluding diaryl/α,β-unsaturated/α-hetero) is 2. The zero-order valence-corrected chi connectivity index (χ0v) is 9.64. The van der Waals surface area contributed by atoms with Crippen molar-refractivity contribution < 1.29 is 14.4 Å². The molecule has 1 unspecified atom stereocenters. The van der Waals surface area contributed by atoms with Crippen molar-refractivity contribution in [2.45, 2.75) is 6.92 Å². The summed E-state index contributed by atoms with van der Waals surface area (Å²) < 4.78 is 0. The standard InChI is InChI=1S/C12H11N3O3/c1-6-9(14-15-12(13)18)7-4-2-3-5-8(7)11(17)10(6)16/h2-6H,1H3,(H3,13,15,18). The van der Waals surface area contributed by atoms with Crippen LogP contribution in [0.25, 0.3) is 0 Å². The molecule has 92 valence electrons. The summed E-state index contributed by atoms with van der Waals surface area (Å²) in [5, 5.41) is 3.81. The lowest BCUT2D eigenvalue weighted by atomic mass is 9.81. The Labute approximate surface area is 103 Å². The second kappa shape index (κ2) is 4.40. The lowest BCUT2D eigenvalue weighted by Gasteiger charge is -2.21. The Kier molecular flexibility index (Phi) is 2.93. The molecule has 6 heteroatoms. The second-order valence-corrected chi connectivity index (χ2v) is 3.93. The fourth-order valence-corrected chi connectivity index (χ4v) is 1.86. The minimum Gasteiger partial charge on any atom is -0.350 e. The largest absolute Gasteiger partial charge is 0.350 e. The average Bonchev–Trinajstić information content (AvgIpc) is 2.36. The minimum absolute atomic E-state index is 0.297. The molecule has 0 radical (unpaired) electrons. The van der Waals surface area contributed by atoms with Crippen LogP contribution in [0.15, 0.2) is 29.4 Å². The van der Waals surface area contributed by atoms with Gasteiger partial charge in [-0.05, 0) is 6.92 Å². The van der Waals surface area contributed by atoms with Gasteiger partial charge in [0.2, 0.25) is 11.6 Å². The second-order valence-electron chi connectivity index (χ2n) is 3.93. The van der Waals surface area contributed by atoms with E-state index in [0.717, 1.165) is 0 Å². The number of carbonyl (C=O) groups is 3. The number of nitrogens with one attached hydrogen (secondary N) is 1. The van der Waals surface area contributed by atoms with Gasteiger partial charge in [0.05, 0.1) is 11.6 Å². The summed E-state index contributed by atoms with van der Waals surface area (Å²) in [5.41, 5.74) is 8.20. The number of benzene rings is 1. The van der Waals surface area contributed by atoms with E-state index < -0.39 is 23.5 Å². The summed E-state index contributed by atoms with van der Waals surface area (Å²) in [5.74, 6) is -1.77. The Bertz CT molecular complexity index is 578. The van der Waals surface area contributed by atoms with E-state index in [1.807, 2.05) is 0 Å². The summed E-state index contributed by atoms with van der Waals surface area (Å²) in [6.45, 7) is 1.57. The maximum absolute atomic E-state index is 11.8. The first-order valence-corrected chi connectivity index (χ1v) is 5.33. The third-order valence-electron chi connectivity index (χ3n) is 2.76. The maximum atomic E-state index is 11.8. The first kappa shape index (κ1) is 12.0. The number of hydrogen-bond donors (Lipinski definition) is 2.